The number of aryl methyl sites for hydroxylation is 1. The molecule has 0 atom stereocenters. The van der Waals surface area contributed by atoms with Crippen molar-refractivity contribution in [3.05, 3.63) is 63.9 Å². The van der Waals surface area contributed by atoms with Gasteiger partial charge in [-0.15, -0.1) is 0 Å². The average Bonchev–Trinajstić information content (AvgIpc) is 2.73. The van der Waals surface area contributed by atoms with Crippen LogP contribution < -0.4 is 5.73 Å². The highest BCUT2D eigenvalue weighted by Crippen LogP contribution is 2.24. The number of nitrogens with zero attached hydrogens (tertiary/aromatic N) is 2. The molecular formula is C15H14BrN3. The second-order valence-corrected chi connectivity index (χ2v) is 5.42. The van der Waals surface area contributed by atoms with Crippen molar-refractivity contribution in [2.75, 3.05) is 5.73 Å². The van der Waals surface area contributed by atoms with Gasteiger partial charge in [-0.05, 0) is 40.5 Å². The zero-order valence-corrected chi connectivity index (χ0v) is 12.2. The molecule has 0 saturated carbocycles. The van der Waals surface area contributed by atoms with E-state index in [4.69, 9.17) is 5.73 Å². The highest BCUT2D eigenvalue weighted by molar-refractivity contribution is 9.10. The predicted molar refractivity (Wildman–Crippen MR) is 81.3 cm³/mol. The molecule has 3 nitrogen and oxygen atoms in total. The Hall–Kier alpha value is -1.81. The molecule has 19 heavy (non-hydrogen) atoms. The fraction of sp³-hybridized carbons (Fsp3) is 0.133. The molecule has 0 bridgehead atoms. The van der Waals surface area contributed by atoms with Crippen LogP contribution in [-0.4, -0.2) is 9.38 Å². The van der Waals surface area contributed by atoms with Crippen LogP contribution in [0.25, 0.3) is 5.65 Å². The zero-order valence-electron chi connectivity index (χ0n) is 10.6. The molecule has 2 heterocycles. The van der Waals surface area contributed by atoms with Crippen LogP contribution in [0.4, 0.5) is 5.82 Å². The number of pyridine rings is 1. The Labute approximate surface area is 120 Å². The third-order valence-electron chi connectivity index (χ3n) is 3.29. The molecule has 1 aromatic carbocycles. The van der Waals surface area contributed by atoms with Crippen molar-refractivity contribution < 1.29 is 0 Å². The normalized spacial score (nSPS) is 11.1. The molecule has 0 radical (unpaired) electrons. The zero-order chi connectivity index (χ0) is 13.4. The van der Waals surface area contributed by atoms with Crippen LogP contribution in [0.5, 0.6) is 0 Å². The second-order valence-electron chi connectivity index (χ2n) is 4.57. The van der Waals surface area contributed by atoms with E-state index in [2.05, 4.69) is 33.0 Å². The summed E-state index contributed by atoms with van der Waals surface area (Å²) in [6.45, 7) is 2.03. The first-order valence-electron chi connectivity index (χ1n) is 6.12. The van der Waals surface area contributed by atoms with Gasteiger partial charge in [-0.25, -0.2) is 4.98 Å². The van der Waals surface area contributed by atoms with Gasteiger partial charge in [0, 0.05) is 16.6 Å². The maximum absolute atomic E-state index is 6.24. The minimum atomic E-state index is 0.720. The molecule has 0 spiro atoms. The Bertz CT molecular complexity index is 732. The number of imidazole rings is 1. The summed E-state index contributed by atoms with van der Waals surface area (Å²) in [7, 11) is 0. The summed E-state index contributed by atoms with van der Waals surface area (Å²) in [6, 6.07) is 14.2. The summed E-state index contributed by atoms with van der Waals surface area (Å²) in [6.07, 6.45) is 0.755. The van der Waals surface area contributed by atoms with Gasteiger partial charge >= 0.3 is 0 Å². The van der Waals surface area contributed by atoms with E-state index in [-0.39, 0.29) is 0 Å². The number of nitrogens with two attached hydrogens (primary N) is 1. The van der Waals surface area contributed by atoms with Crippen molar-refractivity contribution >= 4 is 27.4 Å². The Morgan fingerprint density at radius 3 is 2.63 bits per heavy atom. The highest BCUT2D eigenvalue weighted by Gasteiger charge is 2.12. The van der Waals surface area contributed by atoms with Crippen LogP contribution in [0.1, 0.15) is 17.0 Å². The number of aromatic nitrogens is 2. The number of fused-ring (bicyclic) bond motifs is 1. The quantitative estimate of drug-likeness (QED) is 0.785. The molecule has 2 aromatic heterocycles. The minimum Gasteiger partial charge on any atom is -0.383 e. The first kappa shape index (κ1) is 12.2. The Kier molecular flexibility index (Phi) is 3.03. The Morgan fingerprint density at radius 2 is 1.89 bits per heavy atom. The molecule has 0 unspecified atom stereocenters. The summed E-state index contributed by atoms with van der Waals surface area (Å²) < 4.78 is 3.03. The van der Waals surface area contributed by atoms with E-state index < -0.39 is 0 Å². The summed E-state index contributed by atoms with van der Waals surface area (Å²) in [4.78, 5) is 4.63. The average molecular weight is 316 g/mol. The summed E-state index contributed by atoms with van der Waals surface area (Å²) in [5.41, 5.74) is 10.3. The molecule has 3 aromatic rings. The molecule has 96 valence electrons. The van der Waals surface area contributed by atoms with Crippen molar-refractivity contribution in [3.63, 3.8) is 0 Å². The number of anilines is 1. The summed E-state index contributed by atoms with van der Waals surface area (Å²) in [5.74, 6) is 0.720. The Morgan fingerprint density at radius 1 is 1.16 bits per heavy atom. The van der Waals surface area contributed by atoms with Crippen LogP contribution in [-0.2, 0) is 6.42 Å². The standard InChI is InChI=1S/C15H14BrN3/c1-10-12(16)7-8-14-18-13(15(17)19(10)14)9-11-5-3-2-4-6-11/h2-8H,9,17H2,1H3. The minimum absolute atomic E-state index is 0.720. The van der Waals surface area contributed by atoms with Crippen molar-refractivity contribution in [1.29, 1.82) is 0 Å². The fourth-order valence-electron chi connectivity index (χ4n) is 2.26. The van der Waals surface area contributed by atoms with Crippen LogP contribution >= 0.6 is 15.9 Å². The fourth-order valence-corrected chi connectivity index (χ4v) is 2.57. The van der Waals surface area contributed by atoms with Crippen molar-refractivity contribution in [3.8, 4) is 0 Å². The molecule has 0 aliphatic rings. The number of hydrogen-bond acceptors (Lipinski definition) is 2. The van der Waals surface area contributed by atoms with Crippen LogP contribution in [0.2, 0.25) is 0 Å². The molecule has 0 amide bonds. The Balaban J connectivity index is 2.11. The maximum atomic E-state index is 6.24. The lowest BCUT2D eigenvalue weighted by atomic mass is 10.1. The van der Waals surface area contributed by atoms with Crippen LogP contribution in [0.15, 0.2) is 46.9 Å². The van der Waals surface area contributed by atoms with E-state index in [0.717, 1.165) is 33.7 Å². The number of rotatable bonds is 2. The molecule has 0 aliphatic carbocycles. The van der Waals surface area contributed by atoms with E-state index in [1.54, 1.807) is 0 Å². The lowest BCUT2D eigenvalue weighted by Crippen LogP contribution is -2.00. The lowest BCUT2D eigenvalue weighted by Gasteiger charge is -2.04. The number of halogens is 1. The third-order valence-corrected chi connectivity index (χ3v) is 4.13. The molecular weight excluding hydrogens is 302 g/mol. The van der Waals surface area contributed by atoms with E-state index in [1.165, 1.54) is 5.56 Å². The SMILES string of the molecule is Cc1c(Br)ccc2nc(Cc3ccccc3)c(N)n12. The van der Waals surface area contributed by atoms with Gasteiger partial charge < -0.3 is 5.73 Å². The van der Waals surface area contributed by atoms with Crippen molar-refractivity contribution in [2.24, 2.45) is 0 Å². The molecule has 4 heteroatoms. The molecule has 0 fully saturated rings. The number of benzene rings is 1. The van der Waals surface area contributed by atoms with Gasteiger partial charge in [-0.2, -0.15) is 0 Å². The van der Waals surface area contributed by atoms with E-state index in [0.29, 0.717) is 0 Å². The summed E-state index contributed by atoms with van der Waals surface area (Å²) in [5, 5.41) is 0. The molecule has 0 aliphatic heterocycles. The van der Waals surface area contributed by atoms with Gasteiger partial charge in [0.05, 0.1) is 5.69 Å². The first-order chi connectivity index (χ1) is 9.16. The van der Waals surface area contributed by atoms with E-state index in [9.17, 15) is 0 Å². The predicted octanol–water partition coefficient (Wildman–Crippen LogP) is 3.58. The van der Waals surface area contributed by atoms with Crippen molar-refractivity contribution in [1.82, 2.24) is 9.38 Å². The molecule has 2 N–H and O–H groups in total. The van der Waals surface area contributed by atoms with Crippen molar-refractivity contribution in [2.45, 2.75) is 13.3 Å². The molecule has 3 rings (SSSR count). The van der Waals surface area contributed by atoms with Gasteiger partial charge in [0.1, 0.15) is 11.5 Å². The number of hydrogen-bond donors (Lipinski definition) is 1. The maximum Gasteiger partial charge on any atom is 0.138 e. The second kappa shape index (κ2) is 4.70. The van der Waals surface area contributed by atoms with E-state index >= 15 is 0 Å². The lowest BCUT2D eigenvalue weighted by molar-refractivity contribution is 1.08. The third kappa shape index (κ3) is 2.12. The van der Waals surface area contributed by atoms with Crippen LogP contribution in [0, 0.1) is 6.92 Å². The molecule has 0 saturated heterocycles. The van der Waals surface area contributed by atoms with Gasteiger partial charge in [0.2, 0.25) is 0 Å². The smallest absolute Gasteiger partial charge is 0.138 e. The van der Waals surface area contributed by atoms with Gasteiger partial charge in [0.15, 0.2) is 0 Å². The summed E-state index contributed by atoms with van der Waals surface area (Å²) >= 11 is 3.52. The van der Waals surface area contributed by atoms with Gasteiger partial charge in [-0.1, -0.05) is 30.3 Å². The highest BCUT2D eigenvalue weighted by atomic mass is 79.9. The van der Waals surface area contributed by atoms with Gasteiger partial charge in [0.25, 0.3) is 0 Å². The topological polar surface area (TPSA) is 43.3 Å². The van der Waals surface area contributed by atoms with Crippen LogP contribution in [0.3, 0.4) is 0 Å². The van der Waals surface area contributed by atoms with Gasteiger partial charge in [-0.3, -0.25) is 4.40 Å². The van der Waals surface area contributed by atoms with E-state index in [1.807, 2.05) is 41.7 Å². The monoisotopic (exact) mass is 315 g/mol. The largest absolute Gasteiger partial charge is 0.383 e. The number of nitrogen functional groups attached to an aromatic ring is 1. The first-order valence-corrected chi connectivity index (χ1v) is 6.92.